The number of aryl methyl sites for hydroxylation is 2. The van der Waals surface area contributed by atoms with E-state index >= 15 is 17.6 Å². The van der Waals surface area contributed by atoms with Gasteiger partial charge in [-0.25, -0.2) is 51.0 Å². The minimum atomic E-state index is -0.747. The van der Waals surface area contributed by atoms with Gasteiger partial charge in [-0.05, 0) is 152 Å². The monoisotopic (exact) mass is 1170 g/mol. The van der Waals surface area contributed by atoms with Gasteiger partial charge in [-0.1, -0.05) is 39.8 Å². The third kappa shape index (κ3) is 11.9. The Bertz CT molecular complexity index is 3930. The summed E-state index contributed by atoms with van der Waals surface area (Å²) in [6.07, 6.45) is 9.53. The Kier molecular flexibility index (Phi) is 17.7. The number of aromatic nitrogens is 8. The zero-order valence-corrected chi connectivity index (χ0v) is 50.7. The number of fused-ring (bicyclic) bond motifs is 2. The molecule has 21 heteroatoms. The average molecular weight is 1170 g/mol. The number of rotatable bonds is 10. The van der Waals surface area contributed by atoms with Crippen LogP contribution in [-0.4, -0.2) is 106 Å². The van der Waals surface area contributed by atoms with Gasteiger partial charge in [0.15, 0.2) is 22.9 Å². The fraction of sp³-hybridized carbons (Fsp3) is 0.403. The number of piperazine rings is 1. The van der Waals surface area contributed by atoms with Crippen LogP contribution in [0.5, 0.6) is 0 Å². The first-order valence-electron chi connectivity index (χ1n) is 27.8. The third-order valence-corrected chi connectivity index (χ3v) is 16.5. The van der Waals surface area contributed by atoms with Gasteiger partial charge in [0, 0.05) is 60.4 Å². The summed E-state index contributed by atoms with van der Waals surface area (Å²) in [4.78, 5) is 74.9. The second kappa shape index (κ2) is 24.4. The SMILES string of the molecule is CSc1cccc(F)c1-c1nc2c(cc1F)c(N1CCCC[C@@H]1C)nc(=O)n2-c1c(C)ccnc1C(C)C.CSc1cccc(F)c1-c1nc2c(cc1F)c(N1CCN(C(=O)OC(C)(C)C)C[C@@H]1C)nc(=O)n2-c1c(C)ccnc1C(C)C. The van der Waals surface area contributed by atoms with Gasteiger partial charge in [-0.3, -0.25) is 9.97 Å². The Morgan fingerprint density at radius 3 is 1.49 bits per heavy atom. The van der Waals surface area contributed by atoms with E-state index in [4.69, 9.17) is 14.7 Å². The fourth-order valence-corrected chi connectivity index (χ4v) is 12.2. The number of hydrogen-bond acceptors (Lipinski definition) is 14. The van der Waals surface area contributed by atoms with Crippen molar-refractivity contribution in [2.45, 2.75) is 135 Å². The number of benzene rings is 2. The molecule has 0 aliphatic carbocycles. The van der Waals surface area contributed by atoms with Crippen molar-refractivity contribution < 1.29 is 27.1 Å². The lowest BCUT2D eigenvalue weighted by Gasteiger charge is -2.41. The van der Waals surface area contributed by atoms with E-state index in [1.165, 1.54) is 56.9 Å². The van der Waals surface area contributed by atoms with E-state index in [1.54, 1.807) is 60.1 Å². The Labute approximate surface area is 489 Å². The largest absolute Gasteiger partial charge is 0.444 e. The Morgan fingerprint density at radius 1 is 0.627 bits per heavy atom. The van der Waals surface area contributed by atoms with Crippen molar-refractivity contribution in [3.8, 4) is 33.9 Å². The molecule has 0 spiro atoms. The van der Waals surface area contributed by atoms with Crippen molar-refractivity contribution in [2.75, 3.05) is 48.5 Å². The second-order valence-corrected chi connectivity index (χ2v) is 24.4. The second-order valence-electron chi connectivity index (χ2n) is 22.7. The highest BCUT2D eigenvalue weighted by atomic mass is 32.2. The Hall–Kier alpha value is -7.39. The van der Waals surface area contributed by atoms with Crippen molar-refractivity contribution >= 4 is 63.3 Å². The number of nitrogens with zero attached hydrogens (tertiary/aromatic N) is 11. The quantitative estimate of drug-likeness (QED) is 0.0941. The van der Waals surface area contributed by atoms with Crippen LogP contribution in [0.4, 0.5) is 34.0 Å². The van der Waals surface area contributed by atoms with Crippen molar-refractivity contribution in [1.29, 1.82) is 0 Å². The molecule has 0 unspecified atom stereocenters. The first-order valence-corrected chi connectivity index (χ1v) is 30.2. The molecule has 8 aromatic rings. The Balaban J connectivity index is 0.000000202. The zero-order valence-electron chi connectivity index (χ0n) is 49.1. The first-order chi connectivity index (χ1) is 39.4. The number of anilines is 2. The third-order valence-electron chi connectivity index (χ3n) is 14.9. The molecule has 6 aromatic heterocycles. The standard InChI is InChI=1S/C33H38F2N6O3S.C29H31F2N5OS/c1-18(2)26-28(19(3)12-13-36-26)41-30-21(16-23(35)27(37-30)25-22(34)10-9-11-24(25)45-8)29(38-31(41)42)40-15-14-39(17-20(40)4)32(43)44-33(5,6)7;1-16(2)24-26(17(3)12-13-32-24)36-28-19(27(34-29(36)37)35-14-7-6-9-18(35)4)15-21(31)25(33-28)23-20(30)10-8-11-22(23)38-5/h9-13,16,18,20H,14-15,17H2,1-8H3;8,10-13,15-16,18H,6-7,9,14H2,1-5H3/t20-;18-/m00/s1. The summed E-state index contributed by atoms with van der Waals surface area (Å²) in [5.74, 6) is -2.00. The van der Waals surface area contributed by atoms with Gasteiger partial charge in [0.25, 0.3) is 0 Å². The minimum Gasteiger partial charge on any atom is -0.444 e. The van der Waals surface area contributed by atoms with Crippen LogP contribution in [-0.2, 0) is 4.74 Å². The number of amides is 1. The number of carbonyl (C=O) groups excluding carboxylic acids is 1. The number of piperidine rings is 1. The predicted octanol–water partition coefficient (Wildman–Crippen LogP) is 13.4. The lowest BCUT2D eigenvalue weighted by Crippen LogP contribution is -2.55. The van der Waals surface area contributed by atoms with Crippen molar-refractivity contribution in [1.82, 2.24) is 43.9 Å². The maximum absolute atomic E-state index is 16.1. The molecule has 2 aromatic carbocycles. The number of pyridine rings is 4. The molecule has 1 amide bonds. The van der Waals surface area contributed by atoms with E-state index in [0.717, 1.165) is 30.4 Å². The highest BCUT2D eigenvalue weighted by molar-refractivity contribution is 7.99. The van der Waals surface area contributed by atoms with Gasteiger partial charge in [0.1, 0.15) is 40.3 Å². The molecule has 436 valence electrons. The Morgan fingerprint density at radius 2 is 1.08 bits per heavy atom. The molecule has 8 heterocycles. The number of carbonyl (C=O) groups is 1. The summed E-state index contributed by atoms with van der Waals surface area (Å²) < 4.78 is 70.8. The highest BCUT2D eigenvalue weighted by Gasteiger charge is 2.34. The van der Waals surface area contributed by atoms with Crippen LogP contribution in [0.3, 0.4) is 0 Å². The fourth-order valence-electron chi connectivity index (χ4n) is 11.0. The lowest BCUT2D eigenvalue weighted by atomic mass is 10.0. The van der Waals surface area contributed by atoms with Crippen molar-refractivity contribution in [3.05, 3.63) is 140 Å². The number of hydrogen-bond donors (Lipinski definition) is 0. The van der Waals surface area contributed by atoms with Crippen molar-refractivity contribution in [2.24, 2.45) is 0 Å². The van der Waals surface area contributed by atoms with Gasteiger partial charge in [0.2, 0.25) is 0 Å². The average Bonchev–Trinajstić information content (AvgIpc) is 3.63. The van der Waals surface area contributed by atoms with E-state index in [9.17, 15) is 14.4 Å². The van der Waals surface area contributed by atoms with Crippen LogP contribution in [0, 0.1) is 37.1 Å². The normalized spacial score (nSPS) is 15.8. The maximum atomic E-state index is 16.1. The zero-order chi connectivity index (χ0) is 59.9. The summed E-state index contributed by atoms with van der Waals surface area (Å²) in [6, 6.07) is 15.2. The number of thioether (sulfide) groups is 2. The maximum Gasteiger partial charge on any atom is 0.410 e. The van der Waals surface area contributed by atoms with Gasteiger partial charge in [0.05, 0.1) is 44.7 Å². The van der Waals surface area contributed by atoms with Gasteiger partial charge >= 0.3 is 17.5 Å². The topological polar surface area (TPSA) is 157 Å². The molecule has 0 radical (unpaired) electrons. The van der Waals surface area contributed by atoms with Crippen LogP contribution >= 0.6 is 23.5 Å². The van der Waals surface area contributed by atoms with E-state index in [2.05, 4.69) is 31.8 Å². The number of halogens is 4. The molecular formula is C62H69F4N11O4S2. The molecule has 0 N–H and O–H groups in total. The van der Waals surface area contributed by atoms with Crippen molar-refractivity contribution in [3.63, 3.8) is 0 Å². The summed E-state index contributed by atoms with van der Waals surface area (Å²) >= 11 is 2.59. The molecule has 2 atom stereocenters. The van der Waals surface area contributed by atoms with E-state index in [-0.39, 0.29) is 68.9 Å². The van der Waals surface area contributed by atoms with Crippen LogP contribution in [0.1, 0.15) is 116 Å². The minimum absolute atomic E-state index is 0.00299. The van der Waals surface area contributed by atoms with Crippen LogP contribution in [0.15, 0.2) is 92.4 Å². The molecule has 0 bridgehead atoms. The highest BCUT2D eigenvalue weighted by Crippen LogP contribution is 2.40. The lowest BCUT2D eigenvalue weighted by molar-refractivity contribution is 0.0218. The van der Waals surface area contributed by atoms with E-state index in [0.29, 0.717) is 69.9 Å². The van der Waals surface area contributed by atoms with E-state index < -0.39 is 46.3 Å². The molecule has 0 saturated carbocycles. The van der Waals surface area contributed by atoms with Crippen LogP contribution < -0.4 is 21.2 Å². The van der Waals surface area contributed by atoms with Gasteiger partial charge in [-0.2, -0.15) is 9.97 Å². The molecule has 2 fully saturated rings. The summed E-state index contributed by atoms with van der Waals surface area (Å²) in [7, 11) is 0. The first kappa shape index (κ1) is 60.2. The molecule has 2 aliphatic rings. The smallest absolute Gasteiger partial charge is 0.410 e. The molecular weight excluding hydrogens is 1100 g/mol. The van der Waals surface area contributed by atoms with Gasteiger partial charge in [-0.15, -0.1) is 23.5 Å². The molecule has 83 heavy (non-hydrogen) atoms. The molecule has 2 aliphatic heterocycles. The summed E-state index contributed by atoms with van der Waals surface area (Å²) in [5.41, 5.74) is 2.36. The predicted molar refractivity (Wildman–Crippen MR) is 323 cm³/mol. The molecule has 15 nitrogen and oxygen atoms in total. The number of ether oxygens (including phenoxy) is 1. The molecule has 2 saturated heterocycles. The summed E-state index contributed by atoms with van der Waals surface area (Å²) in [6.45, 7) is 22.8. The summed E-state index contributed by atoms with van der Waals surface area (Å²) in [5, 5.41) is 0.702. The van der Waals surface area contributed by atoms with Crippen LogP contribution in [0.2, 0.25) is 0 Å². The van der Waals surface area contributed by atoms with E-state index in [1.807, 2.05) is 80.2 Å². The molecule has 10 rings (SSSR count). The van der Waals surface area contributed by atoms with Gasteiger partial charge < -0.3 is 19.4 Å². The van der Waals surface area contributed by atoms with Crippen LogP contribution in [0.25, 0.3) is 56.0 Å².